The molecule has 0 fully saturated rings. The zero-order chi connectivity index (χ0) is 13.0. The molecule has 0 amide bonds. The number of carbonyl (C=O) groups excluding carboxylic acids is 1. The van der Waals surface area contributed by atoms with E-state index < -0.39 is 16.6 Å². The third kappa shape index (κ3) is 2.65. The number of benzene rings is 1. The van der Waals surface area contributed by atoms with Crippen LogP contribution in [-0.4, -0.2) is 24.6 Å². The van der Waals surface area contributed by atoms with Crippen molar-refractivity contribution < 1.29 is 19.2 Å². The highest BCUT2D eigenvalue weighted by atomic mass is 35.5. The largest absolute Gasteiger partial charge is 0.490 e. The van der Waals surface area contributed by atoms with Gasteiger partial charge in [-0.1, -0.05) is 11.6 Å². The molecule has 17 heavy (non-hydrogen) atoms. The lowest BCUT2D eigenvalue weighted by Crippen LogP contribution is -2.09. The molecule has 0 aliphatic carbocycles. The van der Waals surface area contributed by atoms with Crippen molar-refractivity contribution in [3.63, 3.8) is 0 Å². The smallest absolute Gasteiger partial charge is 0.346 e. The Morgan fingerprint density at radius 2 is 2.18 bits per heavy atom. The summed E-state index contributed by atoms with van der Waals surface area (Å²) in [4.78, 5) is 21.8. The van der Waals surface area contributed by atoms with E-state index in [1.807, 2.05) is 0 Å². The second-order valence-corrected chi connectivity index (χ2v) is 3.36. The molecule has 6 nitrogen and oxygen atoms in total. The van der Waals surface area contributed by atoms with Gasteiger partial charge in [0, 0.05) is 0 Å². The Labute approximate surface area is 102 Å². The summed E-state index contributed by atoms with van der Waals surface area (Å²) in [6.45, 7) is 1.70. The van der Waals surface area contributed by atoms with Crippen LogP contribution in [0.15, 0.2) is 12.1 Å². The Bertz CT molecular complexity index is 460. The van der Waals surface area contributed by atoms with Crippen molar-refractivity contribution in [3.05, 3.63) is 32.8 Å². The Morgan fingerprint density at radius 3 is 2.65 bits per heavy atom. The maximum Gasteiger partial charge on any atom is 0.346 e. The van der Waals surface area contributed by atoms with Crippen molar-refractivity contribution >= 4 is 23.3 Å². The van der Waals surface area contributed by atoms with Crippen LogP contribution in [0.3, 0.4) is 0 Å². The summed E-state index contributed by atoms with van der Waals surface area (Å²) in [5.74, 6) is -0.884. The highest BCUT2D eigenvalue weighted by Gasteiger charge is 2.29. The first kappa shape index (κ1) is 13.2. The molecule has 0 unspecified atom stereocenters. The normalized spacial score (nSPS) is 9.82. The summed E-state index contributed by atoms with van der Waals surface area (Å²) in [7, 11) is 1.27. The van der Waals surface area contributed by atoms with Crippen LogP contribution in [0.4, 0.5) is 5.69 Å². The SMILES string of the molecule is CCOC(=O)c1c(Cl)ccc(OC)c1[N+](=O)[O-]. The minimum atomic E-state index is -0.844. The first-order valence-corrected chi connectivity index (χ1v) is 5.08. The lowest BCUT2D eigenvalue weighted by molar-refractivity contribution is -0.386. The van der Waals surface area contributed by atoms with Gasteiger partial charge in [-0.2, -0.15) is 0 Å². The molecule has 1 rings (SSSR count). The quantitative estimate of drug-likeness (QED) is 0.471. The summed E-state index contributed by atoms with van der Waals surface area (Å²) in [5.41, 5.74) is -0.781. The number of esters is 1. The Morgan fingerprint density at radius 1 is 1.53 bits per heavy atom. The minimum absolute atomic E-state index is 0.0394. The standard InChI is InChI=1S/C10H10ClNO5/c1-3-17-10(13)8-6(11)4-5-7(16-2)9(8)12(14)15/h4-5H,3H2,1-2H3. The van der Waals surface area contributed by atoms with Crippen molar-refractivity contribution in [1.82, 2.24) is 0 Å². The van der Waals surface area contributed by atoms with Gasteiger partial charge in [-0.3, -0.25) is 10.1 Å². The van der Waals surface area contributed by atoms with E-state index in [4.69, 9.17) is 21.1 Å². The lowest BCUT2D eigenvalue weighted by Gasteiger charge is -2.08. The van der Waals surface area contributed by atoms with Crippen molar-refractivity contribution in [1.29, 1.82) is 0 Å². The van der Waals surface area contributed by atoms with Crippen molar-refractivity contribution in [3.8, 4) is 5.75 Å². The molecule has 7 heteroatoms. The maximum atomic E-state index is 11.6. The summed E-state index contributed by atoms with van der Waals surface area (Å²) >= 11 is 5.77. The summed E-state index contributed by atoms with van der Waals surface area (Å²) < 4.78 is 9.54. The first-order chi connectivity index (χ1) is 8.02. The number of halogens is 1. The predicted molar refractivity (Wildman–Crippen MR) is 60.6 cm³/mol. The van der Waals surface area contributed by atoms with Crippen LogP contribution in [0.1, 0.15) is 17.3 Å². The minimum Gasteiger partial charge on any atom is -0.490 e. The average Bonchev–Trinajstić information content (AvgIpc) is 2.28. The molecule has 0 aliphatic rings. The van der Waals surface area contributed by atoms with E-state index in [1.54, 1.807) is 6.92 Å². The molecule has 92 valence electrons. The number of hydrogen-bond donors (Lipinski definition) is 0. The maximum absolute atomic E-state index is 11.6. The van der Waals surface area contributed by atoms with Crippen LogP contribution in [-0.2, 0) is 4.74 Å². The molecule has 0 N–H and O–H groups in total. The summed E-state index contributed by atoms with van der Waals surface area (Å²) in [6.07, 6.45) is 0. The number of hydrogen-bond acceptors (Lipinski definition) is 5. The molecule has 0 aromatic heterocycles. The fourth-order valence-corrected chi connectivity index (χ4v) is 1.52. The van der Waals surface area contributed by atoms with Gasteiger partial charge in [0.1, 0.15) is 0 Å². The molecule has 0 spiro atoms. The molecule has 1 aromatic carbocycles. The fourth-order valence-electron chi connectivity index (χ4n) is 1.29. The van der Waals surface area contributed by atoms with E-state index in [2.05, 4.69) is 0 Å². The molecule has 0 radical (unpaired) electrons. The van der Waals surface area contributed by atoms with E-state index >= 15 is 0 Å². The molecule has 0 aliphatic heterocycles. The zero-order valence-corrected chi connectivity index (χ0v) is 9.98. The van der Waals surface area contributed by atoms with Gasteiger partial charge < -0.3 is 9.47 Å². The second-order valence-electron chi connectivity index (χ2n) is 2.95. The molecule has 1 aromatic rings. The molecular formula is C10H10ClNO5. The van der Waals surface area contributed by atoms with Crippen LogP contribution < -0.4 is 4.74 Å². The highest BCUT2D eigenvalue weighted by Crippen LogP contribution is 2.35. The van der Waals surface area contributed by atoms with Crippen LogP contribution in [0.5, 0.6) is 5.75 Å². The van der Waals surface area contributed by atoms with Crippen LogP contribution in [0.2, 0.25) is 5.02 Å². The molecular weight excluding hydrogens is 250 g/mol. The van der Waals surface area contributed by atoms with Gasteiger partial charge in [0.15, 0.2) is 11.3 Å². The van der Waals surface area contributed by atoms with Gasteiger partial charge in [0.2, 0.25) is 0 Å². The third-order valence-corrected chi connectivity index (χ3v) is 2.29. The average molecular weight is 260 g/mol. The van der Waals surface area contributed by atoms with E-state index in [-0.39, 0.29) is 22.9 Å². The number of nitrogens with zero attached hydrogens (tertiary/aromatic N) is 1. The second kappa shape index (κ2) is 5.49. The topological polar surface area (TPSA) is 78.7 Å². The van der Waals surface area contributed by atoms with Crippen LogP contribution >= 0.6 is 11.6 Å². The number of nitro benzene ring substituents is 1. The predicted octanol–water partition coefficient (Wildman–Crippen LogP) is 2.43. The molecule has 0 saturated heterocycles. The van der Waals surface area contributed by atoms with Crippen molar-refractivity contribution in [2.24, 2.45) is 0 Å². The number of ether oxygens (including phenoxy) is 2. The molecule has 0 heterocycles. The number of nitro groups is 1. The summed E-state index contributed by atoms with van der Waals surface area (Å²) in [6, 6.07) is 2.67. The monoisotopic (exact) mass is 259 g/mol. The third-order valence-electron chi connectivity index (χ3n) is 1.97. The van der Waals surface area contributed by atoms with Crippen molar-refractivity contribution in [2.75, 3.05) is 13.7 Å². The first-order valence-electron chi connectivity index (χ1n) is 4.70. The summed E-state index contributed by atoms with van der Waals surface area (Å²) in [5, 5.41) is 10.9. The van der Waals surface area contributed by atoms with Crippen molar-refractivity contribution in [2.45, 2.75) is 6.92 Å². The van der Waals surface area contributed by atoms with Gasteiger partial charge in [-0.15, -0.1) is 0 Å². The van der Waals surface area contributed by atoms with E-state index in [0.717, 1.165) is 0 Å². The Balaban J connectivity index is 3.44. The highest BCUT2D eigenvalue weighted by molar-refractivity contribution is 6.34. The number of rotatable bonds is 4. The number of methoxy groups -OCH3 is 1. The zero-order valence-electron chi connectivity index (χ0n) is 9.23. The van der Waals surface area contributed by atoms with Gasteiger partial charge in [0.25, 0.3) is 0 Å². The van der Waals surface area contributed by atoms with Gasteiger partial charge in [-0.25, -0.2) is 4.79 Å². The fraction of sp³-hybridized carbons (Fsp3) is 0.300. The molecule has 0 saturated carbocycles. The van der Waals surface area contributed by atoms with E-state index in [1.165, 1.54) is 19.2 Å². The van der Waals surface area contributed by atoms with Crippen LogP contribution in [0.25, 0.3) is 0 Å². The molecule has 0 bridgehead atoms. The van der Waals surface area contributed by atoms with Gasteiger partial charge >= 0.3 is 11.7 Å². The van der Waals surface area contributed by atoms with Gasteiger partial charge in [-0.05, 0) is 19.1 Å². The Kier molecular flexibility index (Phi) is 4.28. The van der Waals surface area contributed by atoms with Crippen LogP contribution in [0, 0.1) is 10.1 Å². The number of carbonyl (C=O) groups is 1. The lowest BCUT2D eigenvalue weighted by atomic mass is 10.1. The molecule has 0 atom stereocenters. The van der Waals surface area contributed by atoms with Gasteiger partial charge in [0.05, 0.1) is 23.7 Å². The Hall–Kier alpha value is -1.82. The van der Waals surface area contributed by atoms with E-state index in [9.17, 15) is 14.9 Å². The van der Waals surface area contributed by atoms with E-state index in [0.29, 0.717) is 0 Å².